The number of rotatable bonds is 3. The number of nitrogens with zero attached hydrogens (tertiary/aromatic N) is 3. The van der Waals surface area contributed by atoms with Crippen molar-refractivity contribution in [1.29, 1.82) is 0 Å². The van der Waals surface area contributed by atoms with Crippen molar-refractivity contribution in [3.63, 3.8) is 0 Å². The molecule has 0 spiro atoms. The number of nitrogens with one attached hydrogen (secondary N) is 1. The molecule has 1 aliphatic rings. The van der Waals surface area contributed by atoms with Crippen LogP contribution < -0.4 is 10.1 Å². The fraction of sp³-hybridized carbons (Fsp3) is 0.353. The summed E-state index contributed by atoms with van der Waals surface area (Å²) in [5.74, 6) is -0.562. The Morgan fingerprint density at radius 3 is 2.78 bits per heavy atom. The number of halogens is 4. The molecular weight excluding hydrogens is 368 g/mol. The number of hydrogen-bond donors (Lipinski definition) is 1. The van der Waals surface area contributed by atoms with Crippen LogP contribution in [0.3, 0.4) is 0 Å². The van der Waals surface area contributed by atoms with Gasteiger partial charge in [-0.05, 0) is 31.0 Å². The number of hydrogen-bond acceptors (Lipinski definition) is 4. The minimum atomic E-state index is -4.60. The molecule has 1 atom stereocenters. The van der Waals surface area contributed by atoms with E-state index in [1.54, 1.807) is 6.07 Å². The van der Waals surface area contributed by atoms with E-state index in [0.717, 1.165) is 12.3 Å². The van der Waals surface area contributed by atoms with Crippen molar-refractivity contribution in [2.75, 3.05) is 18.4 Å². The van der Waals surface area contributed by atoms with Gasteiger partial charge in [0.25, 0.3) is 0 Å². The fourth-order valence-electron chi connectivity index (χ4n) is 2.68. The van der Waals surface area contributed by atoms with Crippen LogP contribution in [0.1, 0.15) is 18.5 Å². The summed E-state index contributed by atoms with van der Waals surface area (Å²) in [6, 6.07) is 5.59. The summed E-state index contributed by atoms with van der Waals surface area (Å²) in [5, 5.41) is 2.47. The smallest absolute Gasteiger partial charge is 0.433 e. The average molecular weight is 384 g/mol. The van der Waals surface area contributed by atoms with Crippen molar-refractivity contribution in [1.82, 2.24) is 14.9 Å². The predicted molar refractivity (Wildman–Crippen MR) is 87.7 cm³/mol. The number of likely N-dealkylation sites (tertiary alicyclic amines) is 1. The van der Waals surface area contributed by atoms with Crippen LogP contribution in [0.4, 0.5) is 28.0 Å². The van der Waals surface area contributed by atoms with E-state index < -0.39 is 35.8 Å². The van der Waals surface area contributed by atoms with E-state index in [-0.39, 0.29) is 12.2 Å². The molecule has 0 aliphatic carbocycles. The van der Waals surface area contributed by atoms with Gasteiger partial charge in [-0.2, -0.15) is 18.2 Å². The molecule has 1 N–H and O–H groups in total. The zero-order valence-corrected chi connectivity index (χ0v) is 14.0. The Balaban J connectivity index is 1.63. The Morgan fingerprint density at radius 2 is 2.04 bits per heavy atom. The quantitative estimate of drug-likeness (QED) is 0.820. The normalized spacial score (nSPS) is 17.5. The molecule has 27 heavy (non-hydrogen) atoms. The average Bonchev–Trinajstić information content (AvgIpc) is 2.63. The number of benzene rings is 1. The number of urea groups is 1. The van der Waals surface area contributed by atoms with E-state index in [1.807, 2.05) is 0 Å². The summed E-state index contributed by atoms with van der Waals surface area (Å²) in [7, 11) is 0. The van der Waals surface area contributed by atoms with Gasteiger partial charge in [0.05, 0.1) is 12.2 Å². The van der Waals surface area contributed by atoms with Crippen molar-refractivity contribution < 1.29 is 27.1 Å². The molecule has 2 amide bonds. The molecule has 0 saturated carbocycles. The number of ether oxygens (including phenoxy) is 1. The topological polar surface area (TPSA) is 67.4 Å². The summed E-state index contributed by atoms with van der Waals surface area (Å²) in [6.45, 7) is 0.545. The van der Waals surface area contributed by atoms with Crippen LogP contribution in [0.25, 0.3) is 0 Å². The SMILES string of the molecule is O=C(Nc1ccccc1F)N1CCCC(Oc2nccc(C(F)(F)F)n2)C1. The molecule has 0 radical (unpaired) electrons. The molecule has 1 fully saturated rings. The number of alkyl halides is 3. The second kappa shape index (κ2) is 7.77. The van der Waals surface area contributed by atoms with Gasteiger partial charge in [0.1, 0.15) is 11.9 Å². The second-order valence-corrected chi connectivity index (χ2v) is 5.96. The van der Waals surface area contributed by atoms with E-state index in [1.165, 1.54) is 23.1 Å². The highest BCUT2D eigenvalue weighted by molar-refractivity contribution is 5.89. The Bertz CT molecular complexity index is 816. The highest BCUT2D eigenvalue weighted by Crippen LogP contribution is 2.28. The molecule has 2 heterocycles. The van der Waals surface area contributed by atoms with Crippen LogP contribution in [0.2, 0.25) is 0 Å². The highest BCUT2D eigenvalue weighted by Gasteiger charge is 2.33. The van der Waals surface area contributed by atoms with Crippen LogP contribution >= 0.6 is 0 Å². The Kier molecular flexibility index (Phi) is 5.43. The zero-order chi connectivity index (χ0) is 19.4. The number of piperidine rings is 1. The minimum Gasteiger partial charge on any atom is -0.458 e. The minimum absolute atomic E-state index is 0.0479. The summed E-state index contributed by atoms with van der Waals surface area (Å²) in [4.78, 5) is 20.8. The molecule has 1 aliphatic heterocycles. The lowest BCUT2D eigenvalue weighted by molar-refractivity contribution is -0.141. The van der Waals surface area contributed by atoms with Gasteiger partial charge < -0.3 is 15.0 Å². The molecule has 1 saturated heterocycles. The second-order valence-electron chi connectivity index (χ2n) is 5.96. The summed E-state index contributed by atoms with van der Waals surface area (Å²) in [6.07, 6.45) is -3.08. The lowest BCUT2D eigenvalue weighted by Crippen LogP contribution is -2.46. The van der Waals surface area contributed by atoms with Crippen molar-refractivity contribution >= 4 is 11.7 Å². The van der Waals surface area contributed by atoms with E-state index in [2.05, 4.69) is 15.3 Å². The van der Waals surface area contributed by atoms with Crippen LogP contribution in [0.15, 0.2) is 36.5 Å². The molecule has 144 valence electrons. The molecule has 2 aromatic rings. The van der Waals surface area contributed by atoms with E-state index in [4.69, 9.17) is 4.74 Å². The fourth-order valence-corrected chi connectivity index (χ4v) is 2.68. The number of para-hydroxylation sites is 1. The zero-order valence-electron chi connectivity index (χ0n) is 14.0. The van der Waals surface area contributed by atoms with E-state index >= 15 is 0 Å². The van der Waals surface area contributed by atoms with Crippen LogP contribution in [0.5, 0.6) is 6.01 Å². The Morgan fingerprint density at radius 1 is 1.26 bits per heavy atom. The summed E-state index contributed by atoms with van der Waals surface area (Å²) < 4.78 is 57.2. The molecule has 0 bridgehead atoms. The monoisotopic (exact) mass is 384 g/mol. The maximum Gasteiger partial charge on any atom is 0.433 e. The maximum absolute atomic E-state index is 13.6. The van der Waals surface area contributed by atoms with Crippen molar-refractivity contribution in [2.24, 2.45) is 0 Å². The first-order valence-corrected chi connectivity index (χ1v) is 8.20. The van der Waals surface area contributed by atoms with Crippen LogP contribution in [-0.2, 0) is 6.18 Å². The number of carbonyl (C=O) groups is 1. The number of amides is 2. The molecule has 1 aromatic carbocycles. The van der Waals surface area contributed by atoms with E-state index in [9.17, 15) is 22.4 Å². The number of anilines is 1. The van der Waals surface area contributed by atoms with Crippen molar-refractivity contribution in [3.05, 3.63) is 48.0 Å². The van der Waals surface area contributed by atoms with Crippen molar-refractivity contribution in [3.8, 4) is 6.01 Å². The Labute approximate surface area is 152 Å². The predicted octanol–water partition coefficient (Wildman–Crippen LogP) is 3.71. The third-order valence-corrected chi connectivity index (χ3v) is 3.98. The highest BCUT2D eigenvalue weighted by atomic mass is 19.4. The van der Waals surface area contributed by atoms with Gasteiger partial charge in [-0.3, -0.25) is 0 Å². The van der Waals surface area contributed by atoms with Gasteiger partial charge in [0, 0.05) is 12.7 Å². The summed E-state index contributed by atoms with van der Waals surface area (Å²) >= 11 is 0. The first-order valence-electron chi connectivity index (χ1n) is 8.20. The van der Waals surface area contributed by atoms with Gasteiger partial charge >= 0.3 is 18.2 Å². The standard InChI is InChI=1S/C17H16F4N4O2/c18-12-5-1-2-6-13(12)23-16(26)25-9-3-4-11(10-25)27-15-22-8-7-14(24-15)17(19,20)21/h1-2,5-8,11H,3-4,9-10H2,(H,23,26). The van der Waals surface area contributed by atoms with Gasteiger partial charge in [-0.1, -0.05) is 12.1 Å². The molecular formula is C17H16F4N4O2. The third-order valence-electron chi connectivity index (χ3n) is 3.98. The lowest BCUT2D eigenvalue weighted by atomic mass is 10.1. The molecule has 10 heteroatoms. The molecule has 6 nitrogen and oxygen atoms in total. The first kappa shape index (κ1) is 18.9. The van der Waals surface area contributed by atoms with Gasteiger partial charge in [-0.15, -0.1) is 0 Å². The molecule has 1 unspecified atom stereocenters. The van der Waals surface area contributed by atoms with Gasteiger partial charge in [0.15, 0.2) is 5.69 Å². The van der Waals surface area contributed by atoms with E-state index in [0.29, 0.717) is 19.4 Å². The third kappa shape index (κ3) is 4.83. The Hall–Kier alpha value is -2.91. The van der Waals surface area contributed by atoms with Crippen molar-refractivity contribution in [2.45, 2.75) is 25.1 Å². The summed E-state index contributed by atoms with van der Waals surface area (Å²) in [5.41, 5.74) is -1.05. The van der Waals surface area contributed by atoms with Gasteiger partial charge in [0.2, 0.25) is 0 Å². The largest absolute Gasteiger partial charge is 0.458 e. The first-order chi connectivity index (χ1) is 12.8. The van der Waals surface area contributed by atoms with Crippen LogP contribution in [0, 0.1) is 5.82 Å². The number of aromatic nitrogens is 2. The lowest BCUT2D eigenvalue weighted by Gasteiger charge is -2.32. The molecule has 3 rings (SSSR count). The molecule has 1 aromatic heterocycles. The maximum atomic E-state index is 13.6. The van der Waals surface area contributed by atoms with Crippen LogP contribution in [-0.4, -0.2) is 40.1 Å². The number of carbonyl (C=O) groups excluding carboxylic acids is 1. The van der Waals surface area contributed by atoms with Gasteiger partial charge in [-0.25, -0.2) is 14.2 Å².